The number of halogens is 1. The average molecular weight is 218 g/mol. The van der Waals surface area contributed by atoms with Gasteiger partial charge >= 0.3 is 0 Å². The van der Waals surface area contributed by atoms with Gasteiger partial charge in [-0.3, -0.25) is 4.79 Å². The maximum absolute atomic E-state index is 11.8. The standard InChI is InChI=1S/C11H20ClNO/c1-3-9(4-2)10(14)13-11(8-12)6-5-7-11/h9H,3-8H2,1-2H3,(H,13,14). The van der Waals surface area contributed by atoms with Crippen molar-refractivity contribution in [2.75, 3.05) is 5.88 Å². The highest BCUT2D eigenvalue weighted by Gasteiger charge is 2.38. The summed E-state index contributed by atoms with van der Waals surface area (Å²) < 4.78 is 0. The first-order chi connectivity index (χ1) is 6.67. The number of amides is 1. The Hall–Kier alpha value is -0.240. The van der Waals surface area contributed by atoms with E-state index < -0.39 is 0 Å². The van der Waals surface area contributed by atoms with Crippen LogP contribution in [0.15, 0.2) is 0 Å². The Morgan fingerprint density at radius 2 is 2.00 bits per heavy atom. The van der Waals surface area contributed by atoms with Crippen molar-refractivity contribution < 1.29 is 4.79 Å². The van der Waals surface area contributed by atoms with Crippen LogP contribution in [0.1, 0.15) is 46.0 Å². The zero-order valence-electron chi connectivity index (χ0n) is 9.11. The summed E-state index contributed by atoms with van der Waals surface area (Å²) in [6.07, 6.45) is 5.11. The molecule has 1 fully saturated rings. The van der Waals surface area contributed by atoms with Gasteiger partial charge < -0.3 is 5.32 Å². The van der Waals surface area contributed by atoms with Gasteiger partial charge in [0.2, 0.25) is 5.91 Å². The second kappa shape index (κ2) is 5.01. The van der Waals surface area contributed by atoms with Crippen molar-refractivity contribution in [2.24, 2.45) is 5.92 Å². The summed E-state index contributed by atoms with van der Waals surface area (Å²) in [6.45, 7) is 4.11. The number of rotatable bonds is 5. The van der Waals surface area contributed by atoms with Crippen molar-refractivity contribution in [1.82, 2.24) is 5.32 Å². The molecule has 1 N–H and O–H groups in total. The minimum atomic E-state index is -0.0682. The van der Waals surface area contributed by atoms with Gasteiger partial charge in [-0.1, -0.05) is 13.8 Å². The third kappa shape index (κ3) is 2.41. The van der Waals surface area contributed by atoms with E-state index in [9.17, 15) is 4.79 Å². The SMILES string of the molecule is CCC(CC)C(=O)NC1(CCl)CCC1. The Balaban J connectivity index is 2.46. The Kier molecular flexibility index (Phi) is 4.24. The fourth-order valence-corrected chi connectivity index (χ4v) is 2.25. The molecule has 1 aliphatic rings. The highest BCUT2D eigenvalue weighted by molar-refractivity contribution is 6.18. The van der Waals surface area contributed by atoms with Crippen molar-refractivity contribution in [1.29, 1.82) is 0 Å². The van der Waals surface area contributed by atoms with E-state index in [4.69, 9.17) is 11.6 Å². The fourth-order valence-electron chi connectivity index (χ4n) is 1.92. The largest absolute Gasteiger partial charge is 0.349 e. The second-order valence-electron chi connectivity index (χ2n) is 4.27. The van der Waals surface area contributed by atoms with Crippen LogP contribution in [0, 0.1) is 5.92 Å². The lowest BCUT2D eigenvalue weighted by molar-refractivity contribution is -0.127. The molecule has 0 radical (unpaired) electrons. The van der Waals surface area contributed by atoms with Crippen LogP contribution in [0.2, 0.25) is 0 Å². The zero-order chi connectivity index (χ0) is 10.6. The van der Waals surface area contributed by atoms with Crippen LogP contribution in [-0.4, -0.2) is 17.3 Å². The minimum Gasteiger partial charge on any atom is -0.349 e. The van der Waals surface area contributed by atoms with Gasteiger partial charge in [0, 0.05) is 11.8 Å². The smallest absolute Gasteiger partial charge is 0.223 e. The van der Waals surface area contributed by atoms with E-state index in [0.717, 1.165) is 25.7 Å². The summed E-state index contributed by atoms with van der Waals surface area (Å²) in [7, 11) is 0. The van der Waals surface area contributed by atoms with E-state index in [1.54, 1.807) is 0 Å². The van der Waals surface area contributed by atoms with Crippen LogP contribution in [0.3, 0.4) is 0 Å². The molecule has 0 heterocycles. The topological polar surface area (TPSA) is 29.1 Å². The van der Waals surface area contributed by atoms with Crippen molar-refractivity contribution in [3.05, 3.63) is 0 Å². The highest BCUT2D eigenvalue weighted by Crippen LogP contribution is 2.33. The number of alkyl halides is 1. The van der Waals surface area contributed by atoms with Crippen molar-refractivity contribution in [3.63, 3.8) is 0 Å². The van der Waals surface area contributed by atoms with Crippen molar-refractivity contribution in [2.45, 2.75) is 51.5 Å². The molecular weight excluding hydrogens is 198 g/mol. The van der Waals surface area contributed by atoms with Gasteiger partial charge in [-0.15, -0.1) is 11.6 Å². The monoisotopic (exact) mass is 217 g/mol. The van der Waals surface area contributed by atoms with Crippen LogP contribution in [0.4, 0.5) is 0 Å². The molecule has 1 rings (SSSR count). The highest BCUT2D eigenvalue weighted by atomic mass is 35.5. The molecule has 3 heteroatoms. The lowest BCUT2D eigenvalue weighted by Gasteiger charge is -2.41. The first-order valence-electron chi connectivity index (χ1n) is 5.55. The Morgan fingerprint density at radius 3 is 2.29 bits per heavy atom. The summed E-state index contributed by atoms with van der Waals surface area (Å²) in [4.78, 5) is 11.8. The summed E-state index contributed by atoms with van der Waals surface area (Å²) in [5.41, 5.74) is -0.0682. The first-order valence-corrected chi connectivity index (χ1v) is 6.09. The molecule has 1 aliphatic carbocycles. The van der Waals surface area contributed by atoms with E-state index >= 15 is 0 Å². The second-order valence-corrected chi connectivity index (χ2v) is 4.54. The predicted octanol–water partition coefficient (Wildman–Crippen LogP) is 2.70. The van der Waals surface area contributed by atoms with Gasteiger partial charge in [0.1, 0.15) is 0 Å². The molecule has 0 unspecified atom stereocenters. The Morgan fingerprint density at radius 1 is 1.43 bits per heavy atom. The van der Waals surface area contributed by atoms with E-state index in [0.29, 0.717) is 5.88 Å². The molecule has 82 valence electrons. The van der Waals surface area contributed by atoms with Crippen LogP contribution in [-0.2, 0) is 4.79 Å². The van der Waals surface area contributed by atoms with E-state index in [-0.39, 0.29) is 17.4 Å². The number of carbonyl (C=O) groups is 1. The molecule has 0 aliphatic heterocycles. The number of hydrogen-bond donors (Lipinski definition) is 1. The molecule has 0 aromatic heterocycles. The molecule has 0 bridgehead atoms. The maximum atomic E-state index is 11.8. The lowest BCUT2D eigenvalue weighted by Crippen LogP contribution is -2.56. The third-order valence-corrected chi connectivity index (χ3v) is 3.82. The Labute approximate surface area is 91.4 Å². The molecule has 1 amide bonds. The van der Waals surface area contributed by atoms with Crippen LogP contribution >= 0.6 is 11.6 Å². The molecule has 2 nitrogen and oxygen atoms in total. The Bertz CT molecular complexity index is 192. The first kappa shape index (κ1) is 11.8. The van der Waals surface area contributed by atoms with E-state index in [1.807, 2.05) is 0 Å². The summed E-state index contributed by atoms with van der Waals surface area (Å²) in [6, 6.07) is 0. The quantitative estimate of drug-likeness (QED) is 0.705. The molecule has 1 saturated carbocycles. The molecule has 14 heavy (non-hydrogen) atoms. The molecule has 0 saturated heterocycles. The molecular formula is C11H20ClNO. The number of carbonyl (C=O) groups excluding carboxylic acids is 1. The molecule has 0 aromatic rings. The molecule has 0 spiro atoms. The van der Waals surface area contributed by atoms with Gasteiger partial charge in [-0.2, -0.15) is 0 Å². The molecule has 0 aromatic carbocycles. The third-order valence-electron chi connectivity index (χ3n) is 3.31. The lowest BCUT2D eigenvalue weighted by atomic mass is 9.78. The van der Waals surface area contributed by atoms with Crippen molar-refractivity contribution in [3.8, 4) is 0 Å². The summed E-state index contributed by atoms with van der Waals surface area (Å²) in [5, 5.41) is 3.11. The minimum absolute atomic E-state index is 0.0682. The van der Waals surface area contributed by atoms with Crippen molar-refractivity contribution >= 4 is 17.5 Å². The van der Waals surface area contributed by atoms with E-state index in [1.165, 1.54) is 6.42 Å². The summed E-state index contributed by atoms with van der Waals surface area (Å²) in [5.74, 6) is 0.907. The van der Waals surface area contributed by atoms with Gasteiger partial charge in [0.05, 0.1) is 5.54 Å². The van der Waals surface area contributed by atoms with Gasteiger partial charge in [0.15, 0.2) is 0 Å². The van der Waals surface area contributed by atoms with Gasteiger partial charge in [0.25, 0.3) is 0 Å². The van der Waals surface area contributed by atoms with E-state index in [2.05, 4.69) is 19.2 Å². The van der Waals surface area contributed by atoms with Crippen LogP contribution in [0.5, 0.6) is 0 Å². The number of hydrogen-bond acceptors (Lipinski definition) is 1. The maximum Gasteiger partial charge on any atom is 0.223 e. The van der Waals surface area contributed by atoms with Crippen LogP contribution < -0.4 is 5.32 Å². The zero-order valence-corrected chi connectivity index (χ0v) is 9.86. The van der Waals surface area contributed by atoms with Gasteiger partial charge in [-0.05, 0) is 32.1 Å². The van der Waals surface area contributed by atoms with Gasteiger partial charge in [-0.25, -0.2) is 0 Å². The summed E-state index contributed by atoms with van der Waals surface area (Å²) >= 11 is 5.88. The van der Waals surface area contributed by atoms with Crippen LogP contribution in [0.25, 0.3) is 0 Å². The fraction of sp³-hybridized carbons (Fsp3) is 0.909. The average Bonchev–Trinajstić information content (AvgIpc) is 2.13. The normalized spacial score (nSPS) is 19.1. The predicted molar refractivity (Wildman–Crippen MR) is 59.5 cm³/mol. The molecule has 0 atom stereocenters. The number of nitrogens with one attached hydrogen (secondary N) is 1.